The molecule has 2 amide bonds. The normalized spacial score (nSPS) is 15.8. The van der Waals surface area contributed by atoms with Crippen LogP contribution in [-0.2, 0) is 16.1 Å². The van der Waals surface area contributed by atoms with Gasteiger partial charge in [0, 0.05) is 37.6 Å². The highest BCUT2D eigenvalue weighted by molar-refractivity contribution is 6.30. The van der Waals surface area contributed by atoms with Gasteiger partial charge in [0.1, 0.15) is 0 Å². The lowest BCUT2D eigenvalue weighted by atomic mass is 10.0. The zero-order chi connectivity index (χ0) is 23.1. The Morgan fingerprint density at radius 1 is 1.19 bits per heavy atom. The number of amides is 2. The summed E-state index contributed by atoms with van der Waals surface area (Å²) in [5, 5.41) is 6.53. The van der Waals surface area contributed by atoms with Crippen molar-refractivity contribution in [2.45, 2.75) is 44.8 Å². The molecular formula is C24H29ClFN3O3. The van der Waals surface area contributed by atoms with Gasteiger partial charge in [-0.05, 0) is 48.2 Å². The Balaban J connectivity index is 1.49. The Bertz CT molecular complexity index is 931. The zero-order valence-corrected chi connectivity index (χ0v) is 19.1. The number of benzene rings is 2. The number of hydrogen-bond donors (Lipinski definition) is 2. The molecule has 172 valence electrons. The smallest absolute Gasteiger partial charge is 0.222 e. The summed E-state index contributed by atoms with van der Waals surface area (Å²) in [4.78, 5) is 26.5. The molecule has 2 aromatic carbocycles. The molecule has 6 nitrogen and oxygen atoms in total. The van der Waals surface area contributed by atoms with Gasteiger partial charge in [0.25, 0.3) is 0 Å². The van der Waals surface area contributed by atoms with Crippen molar-refractivity contribution >= 4 is 23.4 Å². The van der Waals surface area contributed by atoms with E-state index in [4.69, 9.17) is 16.3 Å². The van der Waals surface area contributed by atoms with E-state index < -0.39 is 6.04 Å². The van der Waals surface area contributed by atoms with E-state index in [0.717, 1.165) is 37.1 Å². The van der Waals surface area contributed by atoms with Gasteiger partial charge in [0.15, 0.2) is 11.6 Å². The zero-order valence-electron chi connectivity index (χ0n) is 18.4. The van der Waals surface area contributed by atoms with E-state index >= 15 is 0 Å². The minimum absolute atomic E-state index is 0.0783. The molecule has 0 spiro atoms. The number of piperidine rings is 1. The number of carbonyl (C=O) groups excluding carboxylic acids is 2. The van der Waals surface area contributed by atoms with Crippen molar-refractivity contribution in [2.24, 2.45) is 0 Å². The van der Waals surface area contributed by atoms with E-state index in [0.29, 0.717) is 11.6 Å². The molecular weight excluding hydrogens is 433 g/mol. The van der Waals surface area contributed by atoms with E-state index in [1.165, 1.54) is 20.1 Å². The van der Waals surface area contributed by atoms with Gasteiger partial charge in [-0.3, -0.25) is 14.5 Å². The first kappa shape index (κ1) is 24.0. The van der Waals surface area contributed by atoms with Crippen molar-refractivity contribution in [1.82, 2.24) is 15.5 Å². The number of hydrogen-bond acceptors (Lipinski definition) is 4. The Morgan fingerprint density at radius 2 is 1.88 bits per heavy atom. The molecule has 1 saturated heterocycles. The van der Waals surface area contributed by atoms with Crippen LogP contribution in [0.15, 0.2) is 42.5 Å². The van der Waals surface area contributed by atoms with Crippen molar-refractivity contribution in [3.63, 3.8) is 0 Å². The highest BCUT2D eigenvalue weighted by Crippen LogP contribution is 2.22. The summed E-state index contributed by atoms with van der Waals surface area (Å²) >= 11 is 5.95. The van der Waals surface area contributed by atoms with E-state index in [1.807, 2.05) is 18.2 Å². The molecule has 1 atom stereocenters. The van der Waals surface area contributed by atoms with Crippen molar-refractivity contribution in [3.8, 4) is 5.75 Å². The molecule has 0 aliphatic carbocycles. The van der Waals surface area contributed by atoms with Crippen LogP contribution in [0.25, 0.3) is 0 Å². The molecule has 3 rings (SSSR count). The van der Waals surface area contributed by atoms with Crippen LogP contribution in [0.5, 0.6) is 5.75 Å². The fraction of sp³-hybridized carbons (Fsp3) is 0.417. The van der Waals surface area contributed by atoms with Crippen LogP contribution < -0.4 is 15.4 Å². The standard InChI is InChI=1S/C24H29ClFN3O3/c1-16(30)27-22(18-4-6-19(25)7-5-18)14-24(31)28-20-9-11-29(12-10-20)15-17-3-8-23(32-2)21(26)13-17/h3-8,13,20,22H,9-12,14-15H2,1-2H3,(H,27,30)(H,28,31). The molecule has 0 bridgehead atoms. The highest BCUT2D eigenvalue weighted by Gasteiger charge is 2.23. The summed E-state index contributed by atoms with van der Waals surface area (Å²) < 4.78 is 18.9. The molecule has 1 fully saturated rings. The third-order valence-electron chi connectivity index (χ3n) is 5.61. The Kier molecular flexibility index (Phi) is 8.47. The lowest BCUT2D eigenvalue weighted by molar-refractivity contribution is -0.123. The van der Waals surface area contributed by atoms with Gasteiger partial charge in [-0.2, -0.15) is 0 Å². The minimum atomic E-state index is -0.408. The van der Waals surface area contributed by atoms with Gasteiger partial charge < -0.3 is 15.4 Å². The van der Waals surface area contributed by atoms with Gasteiger partial charge in [0.2, 0.25) is 11.8 Å². The number of carbonyl (C=O) groups is 2. The number of halogens is 2. The second kappa shape index (κ2) is 11.3. The maximum absolute atomic E-state index is 13.9. The first-order valence-electron chi connectivity index (χ1n) is 10.7. The van der Waals surface area contributed by atoms with Crippen LogP contribution in [0, 0.1) is 5.82 Å². The average molecular weight is 462 g/mol. The quantitative estimate of drug-likeness (QED) is 0.626. The summed E-state index contributed by atoms with van der Waals surface area (Å²) in [5.74, 6) is -0.414. The topological polar surface area (TPSA) is 70.7 Å². The largest absolute Gasteiger partial charge is 0.494 e. The van der Waals surface area contributed by atoms with Crippen molar-refractivity contribution in [1.29, 1.82) is 0 Å². The van der Waals surface area contributed by atoms with Crippen LogP contribution in [0.1, 0.15) is 43.4 Å². The molecule has 1 aliphatic rings. The second-order valence-electron chi connectivity index (χ2n) is 8.10. The molecule has 0 radical (unpaired) electrons. The number of methoxy groups -OCH3 is 1. The third kappa shape index (κ3) is 6.93. The van der Waals surface area contributed by atoms with Crippen molar-refractivity contribution in [2.75, 3.05) is 20.2 Å². The monoisotopic (exact) mass is 461 g/mol. The Hall–Kier alpha value is -2.64. The van der Waals surface area contributed by atoms with Gasteiger partial charge in [-0.1, -0.05) is 29.8 Å². The van der Waals surface area contributed by atoms with Gasteiger partial charge in [-0.25, -0.2) is 4.39 Å². The maximum Gasteiger partial charge on any atom is 0.222 e. The van der Waals surface area contributed by atoms with Gasteiger partial charge >= 0.3 is 0 Å². The maximum atomic E-state index is 13.9. The second-order valence-corrected chi connectivity index (χ2v) is 8.53. The van der Waals surface area contributed by atoms with E-state index in [9.17, 15) is 14.0 Å². The summed E-state index contributed by atoms with van der Waals surface area (Å²) in [7, 11) is 1.45. The van der Waals surface area contributed by atoms with Crippen molar-refractivity contribution < 1.29 is 18.7 Å². The highest BCUT2D eigenvalue weighted by atomic mass is 35.5. The van der Waals surface area contributed by atoms with Crippen LogP contribution in [0.3, 0.4) is 0 Å². The van der Waals surface area contributed by atoms with Crippen LogP contribution >= 0.6 is 11.6 Å². The van der Waals surface area contributed by atoms with E-state index in [1.54, 1.807) is 18.2 Å². The van der Waals surface area contributed by atoms with Crippen LogP contribution in [0.2, 0.25) is 5.02 Å². The Labute approximate surface area is 193 Å². The average Bonchev–Trinajstić information content (AvgIpc) is 2.75. The minimum Gasteiger partial charge on any atom is -0.494 e. The molecule has 1 unspecified atom stereocenters. The predicted octanol–water partition coefficient (Wildman–Crippen LogP) is 3.84. The number of ether oxygens (including phenoxy) is 1. The number of nitrogens with one attached hydrogen (secondary N) is 2. The Morgan fingerprint density at radius 3 is 2.47 bits per heavy atom. The molecule has 32 heavy (non-hydrogen) atoms. The van der Waals surface area contributed by atoms with E-state index in [-0.39, 0.29) is 35.8 Å². The number of rotatable bonds is 8. The molecule has 0 saturated carbocycles. The lowest BCUT2D eigenvalue weighted by Crippen LogP contribution is -2.45. The summed E-state index contributed by atoms with van der Waals surface area (Å²) in [6, 6.07) is 11.8. The first-order valence-corrected chi connectivity index (χ1v) is 11.1. The third-order valence-corrected chi connectivity index (χ3v) is 5.87. The predicted molar refractivity (Wildman–Crippen MR) is 122 cm³/mol. The molecule has 1 aliphatic heterocycles. The lowest BCUT2D eigenvalue weighted by Gasteiger charge is -2.32. The van der Waals surface area contributed by atoms with E-state index in [2.05, 4.69) is 15.5 Å². The van der Waals surface area contributed by atoms with Crippen molar-refractivity contribution in [3.05, 3.63) is 64.4 Å². The molecule has 2 aromatic rings. The van der Waals surface area contributed by atoms with Crippen LogP contribution in [-0.4, -0.2) is 43.0 Å². The van der Waals surface area contributed by atoms with Crippen LogP contribution in [0.4, 0.5) is 4.39 Å². The summed E-state index contributed by atoms with van der Waals surface area (Å²) in [6.45, 7) is 3.71. The molecule has 0 aromatic heterocycles. The summed E-state index contributed by atoms with van der Waals surface area (Å²) in [6.07, 6.45) is 1.79. The SMILES string of the molecule is COc1ccc(CN2CCC(NC(=O)CC(NC(C)=O)c3ccc(Cl)cc3)CC2)cc1F. The molecule has 1 heterocycles. The number of likely N-dealkylation sites (tertiary alicyclic amines) is 1. The fourth-order valence-corrected chi connectivity index (χ4v) is 4.09. The molecule has 8 heteroatoms. The molecule has 2 N–H and O–H groups in total. The first-order chi connectivity index (χ1) is 15.3. The number of nitrogens with zero attached hydrogens (tertiary/aromatic N) is 1. The fourth-order valence-electron chi connectivity index (χ4n) is 3.97. The van der Waals surface area contributed by atoms with Gasteiger partial charge in [-0.15, -0.1) is 0 Å². The summed E-state index contributed by atoms with van der Waals surface area (Å²) in [5.41, 5.74) is 1.73. The van der Waals surface area contributed by atoms with Gasteiger partial charge in [0.05, 0.1) is 19.6 Å².